The first-order valence-corrected chi connectivity index (χ1v) is 5.34. The molecule has 0 aromatic carbocycles. The second-order valence-electron chi connectivity index (χ2n) is 3.67. The summed E-state index contributed by atoms with van der Waals surface area (Å²) in [4.78, 5) is 2.19. The molecule has 0 saturated carbocycles. The summed E-state index contributed by atoms with van der Waals surface area (Å²) < 4.78 is 10.1. The molecule has 0 amide bonds. The zero-order valence-electron chi connectivity index (χ0n) is 10.3. The Bertz CT molecular complexity index is 200. The first kappa shape index (κ1) is 15.2. The Hall–Kier alpha value is -0.850. The lowest BCUT2D eigenvalue weighted by Crippen LogP contribution is -2.40. The number of nitrogens with two attached hydrogens (primary N) is 1. The van der Waals surface area contributed by atoms with Gasteiger partial charge in [0.15, 0.2) is 0 Å². The van der Waals surface area contributed by atoms with E-state index in [4.69, 9.17) is 20.4 Å². The fourth-order valence-corrected chi connectivity index (χ4v) is 1.42. The molecular weight excluding hydrogens is 210 g/mol. The molecule has 0 aromatic heterocycles. The quantitative estimate of drug-likeness (QED) is 0.256. The van der Waals surface area contributed by atoms with Crippen molar-refractivity contribution < 1.29 is 14.7 Å². The highest BCUT2D eigenvalue weighted by Gasteiger charge is 2.13. The zero-order valence-corrected chi connectivity index (χ0v) is 10.3. The fourth-order valence-electron chi connectivity index (χ4n) is 1.42. The van der Waals surface area contributed by atoms with E-state index >= 15 is 0 Å². The molecule has 0 spiro atoms. The van der Waals surface area contributed by atoms with Crippen molar-refractivity contribution in [1.29, 1.82) is 0 Å². The van der Waals surface area contributed by atoms with Crippen LogP contribution in [-0.2, 0) is 9.47 Å². The van der Waals surface area contributed by atoms with Crippen molar-refractivity contribution in [2.75, 3.05) is 40.5 Å². The van der Waals surface area contributed by atoms with E-state index in [0.717, 1.165) is 13.1 Å². The largest absolute Gasteiger partial charge is 0.409 e. The van der Waals surface area contributed by atoms with Crippen molar-refractivity contribution in [3.63, 3.8) is 0 Å². The van der Waals surface area contributed by atoms with Crippen LogP contribution in [0.1, 0.15) is 13.3 Å². The Morgan fingerprint density at radius 1 is 1.38 bits per heavy atom. The summed E-state index contributed by atoms with van der Waals surface area (Å²) >= 11 is 0. The lowest BCUT2D eigenvalue weighted by atomic mass is 10.2. The molecule has 1 atom stereocenters. The van der Waals surface area contributed by atoms with Crippen LogP contribution in [0.5, 0.6) is 0 Å². The molecule has 0 aliphatic heterocycles. The molecule has 0 aliphatic rings. The molecule has 0 aliphatic carbocycles. The molecular formula is C10H23N3O3. The van der Waals surface area contributed by atoms with Crippen LogP contribution >= 0.6 is 0 Å². The Labute approximate surface area is 97.0 Å². The number of rotatable bonds is 9. The highest BCUT2D eigenvalue weighted by Crippen LogP contribution is 2.01. The van der Waals surface area contributed by atoms with Crippen LogP contribution in [-0.4, -0.2) is 62.5 Å². The molecule has 0 aromatic rings. The molecule has 0 radical (unpaired) electrons. The van der Waals surface area contributed by atoms with Crippen LogP contribution in [0.25, 0.3) is 0 Å². The van der Waals surface area contributed by atoms with Gasteiger partial charge in [0.2, 0.25) is 0 Å². The molecule has 3 N–H and O–H groups in total. The van der Waals surface area contributed by atoms with E-state index in [0.29, 0.717) is 19.6 Å². The summed E-state index contributed by atoms with van der Waals surface area (Å²) in [5.74, 6) is 0.243. The SMILES string of the molecule is COCCN(CCC(N)=NO)C(C)COC. The number of methoxy groups -OCH3 is 2. The Morgan fingerprint density at radius 2 is 2.06 bits per heavy atom. The van der Waals surface area contributed by atoms with Gasteiger partial charge in [0, 0.05) is 39.8 Å². The molecule has 6 heteroatoms. The predicted octanol–water partition coefficient (Wildman–Crippen LogP) is 0.106. The van der Waals surface area contributed by atoms with Gasteiger partial charge in [0.25, 0.3) is 0 Å². The minimum atomic E-state index is 0.243. The fraction of sp³-hybridized carbons (Fsp3) is 0.900. The average Bonchev–Trinajstić information content (AvgIpc) is 2.29. The molecule has 0 rings (SSSR count). The lowest BCUT2D eigenvalue weighted by molar-refractivity contribution is 0.0767. The normalized spacial score (nSPS) is 14.4. The van der Waals surface area contributed by atoms with Gasteiger partial charge in [-0.15, -0.1) is 0 Å². The van der Waals surface area contributed by atoms with E-state index in [1.165, 1.54) is 0 Å². The molecule has 0 saturated heterocycles. The van der Waals surface area contributed by atoms with Crippen LogP contribution in [0, 0.1) is 0 Å². The summed E-state index contributed by atoms with van der Waals surface area (Å²) in [5, 5.41) is 11.4. The lowest BCUT2D eigenvalue weighted by Gasteiger charge is -2.28. The van der Waals surface area contributed by atoms with Crippen LogP contribution < -0.4 is 5.73 Å². The van der Waals surface area contributed by atoms with Crippen molar-refractivity contribution in [3.05, 3.63) is 0 Å². The van der Waals surface area contributed by atoms with Crippen molar-refractivity contribution >= 4 is 5.84 Å². The molecule has 1 unspecified atom stereocenters. The van der Waals surface area contributed by atoms with Gasteiger partial charge >= 0.3 is 0 Å². The minimum absolute atomic E-state index is 0.243. The molecule has 0 heterocycles. The van der Waals surface area contributed by atoms with E-state index in [1.54, 1.807) is 14.2 Å². The van der Waals surface area contributed by atoms with Crippen molar-refractivity contribution in [2.45, 2.75) is 19.4 Å². The second kappa shape index (κ2) is 9.38. The average molecular weight is 233 g/mol. The maximum atomic E-state index is 8.46. The summed E-state index contributed by atoms with van der Waals surface area (Å²) in [5.41, 5.74) is 5.43. The molecule has 96 valence electrons. The van der Waals surface area contributed by atoms with Crippen molar-refractivity contribution in [1.82, 2.24) is 4.90 Å². The number of nitrogens with zero attached hydrogens (tertiary/aromatic N) is 2. The molecule has 16 heavy (non-hydrogen) atoms. The molecule has 0 fully saturated rings. The van der Waals surface area contributed by atoms with E-state index in [1.807, 2.05) is 0 Å². The number of ether oxygens (including phenoxy) is 2. The highest BCUT2D eigenvalue weighted by molar-refractivity contribution is 5.79. The van der Waals surface area contributed by atoms with Gasteiger partial charge in [0.1, 0.15) is 5.84 Å². The third kappa shape index (κ3) is 6.60. The third-order valence-electron chi connectivity index (χ3n) is 2.40. The van der Waals surface area contributed by atoms with Gasteiger partial charge in [-0.05, 0) is 6.92 Å². The van der Waals surface area contributed by atoms with Gasteiger partial charge in [0.05, 0.1) is 13.2 Å². The van der Waals surface area contributed by atoms with Crippen LogP contribution in [0.2, 0.25) is 0 Å². The number of oxime groups is 1. The van der Waals surface area contributed by atoms with Gasteiger partial charge in [-0.2, -0.15) is 0 Å². The first-order valence-electron chi connectivity index (χ1n) is 5.34. The third-order valence-corrected chi connectivity index (χ3v) is 2.40. The monoisotopic (exact) mass is 233 g/mol. The van der Waals surface area contributed by atoms with Gasteiger partial charge < -0.3 is 20.4 Å². The smallest absolute Gasteiger partial charge is 0.140 e. The van der Waals surface area contributed by atoms with Gasteiger partial charge in [-0.3, -0.25) is 4.90 Å². The first-order chi connectivity index (χ1) is 7.65. The van der Waals surface area contributed by atoms with Gasteiger partial charge in [-0.25, -0.2) is 0 Å². The van der Waals surface area contributed by atoms with Crippen LogP contribution in [0.3, 0.4) is 0 Å². The maximum absolute atomic E-state index is 8.46. The standard InChI is InChI=1S/C10H23N3O3/c1-9(8-16-3)13(6-7-15-2)5-4-10(11)12-14/h9,14H,4-8H2,1-3H3,(H2,11,12). The van der Waals surface area contributed by atoms with E-state index in [9.17, 15) is 0 Å². The minimum Gasteiger partial charge on any atom is -0.409 e. The number of hydrogen-bond acceptors (Lipinski definition) is 5. The van der Waals surface area contributed by atoms with E-state index in [2.05, 4.69) is 17.0 Å². The topological polar surface area (TPSA) is 80.3 Å². The van der Waals surface area contributed by atoms with Crippen LogP contribution in [0.4, 0.5) is 0 Å². The maximum Gasteiger partial charge on any atom is 0.140 e. The molecule has 0 bridgehead atoms. The van der Waals surface area contributed by atoms with Crippen molar-refractivity contribution in [3.8, 4) is 0 Å². The zero-order chi connectivity index (χ0) is 12.4. The highest BCUT2D eigenvalue weighted by atomic mass is 16.5. The molecule has 6 nitrogen and oxygen atoms in total. The van der Waals surface area contributed by atoms with E-state index < -0.39 is 0 Å². The summed E-state index contributed by atoms with van der Waals surface area (Å²) in [7, 11) is 3.34. The van der Waals surface area contributed by atoms with Crippen molar-refractivity contribution in [2.24, 2.45) is 10.9 Å². The Balaban J connectivity index is 4.08. The summed E-state index contributed by atoms with van der Waals surface area (Å²) in [6.45, 7) is 4.92. The second-order valence-corrected chi connectivity index (χ2v) is 3.67. The number of amidine groups is 1. The summed E-state index contributed by atoms with van der Waals surface area (Å²) in [6, 6.07) is 0.284. The van der Waals surface area contributed by atoms with E-state index in [-0.39, 0.29) is 11.9 Å². The van der Waals surface area contributed by atoms with Gasteiger partial charge in [-0.1, -0.05) is 5.16 Å². The summed E-state index contributed by atoms with van der Waals surface area (Å²) in [6.07, 6.45) is 0.536. The van der Waals surface area contributed by atoms with Crippen LogP contribution in [0.15, 0.2) is 5.16 Å². The Morgan fingerprint density at radius 3 is 2.56 bits per heavy atom. The number of hydrogen-bond donors (Lipinski definition) is 2. The Kier molecular flexibility index (Phi) is 8.88. The predicted molar refractivity (Wildman–Crippen MR) is 62.8 cm³/mol.